The lowest BCUT2D eigenvalue weighted by Crippen LogP contribution is -1.88. The van der Waals surface area contributed by atoms with Crippen LogP contribution in [0, 0.1) is 6.92 Å². The second-order valence-electron chi connectivity index (χ2n) is 3.06. The maximum absolute atomic E-state index is 4.31. The van der Waals surface area contributed by atoms with E-state index in [-0.39, 0.29) is 0 Å². The molecule has 2 aromatic rings. The molecule has 0 N–H and O–H groups in total. The molecule has 0 bridgehead atoms. The number of aryl methyl sites for hydroxylation is 2. The molecule has 0 amide bonds. The van der Waals surface area contributed by atoms with E-state index in [0.29, 0.717) is 0 Å². The van der Waals surface area contributed by atoms with Crippen LogP contribution in [0.5, 0.6) is 0 Å². The van der Waals surface area contributed by atoms with Gasteiger partial charge in [0.2, 0.25) is 0 Å². The minimum atomic E-state index is 0.994. The fourth-order valence-electron chi connectivity index (χ4n) is 1.27. The largest absolute Gasteiger partial charge is 0.275 e. The van der Waals surface area contributed by atoms with Gasteiger partial charge < -0.3 is 0 Å². The molecule has 2 heterocycles. The zero-order chi connectivity index (χ0) is 9.26. The van der Waals surface area contributed by atoms with Crippen molar-refractivity contribution in [2.24, 2.45) is 7.05 Å². The summed E-state index contributed by atoms with van der Waals surface area (Å²) in [5.74, 6) is 0. The van der Waals surface area contributed by atoms with Gasteiger partial charge in [0.1, 0.15) is 0 Å². The Kier molecular flexibility index (Phi) is 1.85. The van der Waals surface area contributed by atoms with E-state index in [1.165, 1.54) is 0 Å². The second kappa shape index (κ2) is 3.01. The Bertz CT molecular complexity index is 418. The monoisotopic (exact) mass is 173 g/mol. The highest BCUT2D eigenvalue weighted by Gasteiger charge is 2.00. The van der Waals surface area contributed by atoms with E-state index in [2.05, 4.69) is 10.1 Å². The summed E-state index contributed by atoms with van der Waals surface area (Å²) in [7, 11) is 1.91. The van der Waals surface area contributed by atoms with E-state index in [1.807, 2.05) is 38.4 Å². The predicted molar refractivity (Wildman–Crippen MR) is 51.2 cm³/mol. The molecule has 0 atom stereocenters. The average Bonchev–Trinajstić information content (AvgIpc) is 2.52. The lowest BCUT2D eigenvalue weighted by Gasteiger charge is -1.96. The van der Waals surface area contributed by atoms with Gasteiger partial charge in [0.25, 0.3) is 0 Å². The van der Waals surface area contributed by atoms with Crippen molar-refractivity contribution in [2.45, 2.75) is 6.92 Å². The molecule has 0 aliphatic heterocycles. The van der Waals surface area contributed by atoms with Crippen molar-refractivity contribution < 1.29 is 0 Å². The SMILES string of the molecule is Cc1cc(-c2ccn(C)n2)ccn1. The Balaban J connectivity index is 2.46. The first kappa shape index (κ1) is 7.98. The third-order valence-corrected chi connectivity index (χ3v) is 1.91. The van der Waals surface area contributed by atoms with Gasteiger partial charge in [0, 0.05) is 30.7 Å². The van der Waals surface area contributed by atoms with Crippen molar-refractivity contribution in [3.8, 4) is 11.3 Å². The fraction of sp³-hybridized carbons (Fsp3) is 0.200. The molecular weight excluding hydrogens is 162 g/mol. The van der Waals surface area contributed by atoms with Crippen LogP contribution in [0.1, 0.15) is 5.69 Å². The molecular formula is C10H11N3. The molecule has 3 heteroatoms. The number of pyridine rings is 1. The highest BCUT2D eigenvalue weighted by molar-refractivity contribution is 5.58. The van der Waals surface area contributed by atoms with E-state index in [4.69, 9.17) is 0 Å². The molecule has 0 aliphatic carbocycles. The minimum Gasteiger partial charge on any atom is -0.275 e. The lowest BCUT2D eigenvalue weighted by atomic mass is 10.2. The highest BCUT2D eigenvalue weighted by atomic mass is 15.2. The smallest absolute Gasteiger partial charge is 0.0924 e. The zero-order valence-corrected chi connectivity index (χ0v) is 7.73. The van der Waals surface area contributed by atoms with Gasteiger partial charge in [-0.15, -0.1) is 0 Å². The van der Waals surface area contributed by atoms with E-state index >= 15 is 0 Å². The zero-order valence-electron chi connectivity index (χ0n) is 7.73. The molecule has 2 rings (SSSR count). The summed E-state index contributed by atoms with van der Waals surface area (Å²) in [6.45, 7) is 1.98. The van der Waals surface area contributed by atoms with Gasteiger partial charge in [0.15, 0.2) is 0 Å². The van der Waals surface area contributed by atoms with Crippen molar-refractivity contribution in [1.82, 2.24) is 14.8 Å². The van der Waals surface area contributed by atoms with Crippen LogP contribution in [0.25, 0.3) is 11.3 Å². The van der Waals surface area contributed by atoms with E-state index in [0.717, 1.165) is 17.0 Å². The number of aromatic nitrogens is 3. The van der Waals surface area contributed by atoms with Crippen LogP contribution in [0.15, 0.2) is 30.6 Å². The van der Waals surface area contributed by atoms with Gasteiger partial charge in [-0.05, 0) is 25.1 Å². The van der Waals surface area contributed by atoms with Crippen LogP contribution in [-0.2, 0) is 7.05 Å². The van der Waals surface area contributed by atoms with Crippen molar-refractivity contribution >= 4 is 0 Å². The first-order valence-electron chi connectivity index (χ1n) is 4.18. The molecule has 0 fully saturated rings. The summed E-state index contributed by atoms with van der Waals surface area (Å²) in [4.78, 5) is 4.14. The first-order chi connectivity index (χ1) is 6.25. The molecule has 66 valence electrons. The molecule has 0 spiro atoms. The number of nitrogens with zero attached hydrogens (tertiary/aromatic N) is 3. The molecule has 0 aromatic carbocycles. The fourth-order valence-corrected chi connectivity index (χ4v) is 1.27. The predicted octanol–water partition coefficient (Wildman–Crippen LogP) is 1.79. The van der Waals surface area contributed by atoms with Crippen molar-refractivity contribution in [3.63, 3.8) is 0 Å². The molecule has 13 heavy (non-hydrogen) atoms. The third kappa shape index (κ3) is 1.59. The molecule has 3 nitrogen and oxygen atoms in total. The van der Waals surface area contributed by atoms with Crippen LogP contribution < -0.4 is 0 Å². The highest BCUT2D eigenvalue weighted by Crippen LogP contribution is 2.15. The lowest BCUT2D eigenvalue weighted by molar-refractivity contribution is 0.771. The Hall–Kier alpha value is -1.64. The van der Waals surface area contributed by atoms with Crippen LogP contribution in [-0.4, -0.2) is 14.8 Å². The van der Waals surface area contributed by atoms with Gasteiger partial charge in [-0.3, -0.25) is 9.67 Å². The summed E-state index contributed by atoms with van der Waals surface area (Å²) in [5.41, 5.74) is 3.13. The average molecular weight is 173 g/mol. The number of hydrogen-bond acceptors (Lipinski definition) is 2. The maximum atomic E-state index is 4.31. The number of hydrogen-bond donors (Lipinski definition) is 0. The summed E-state index contributed by atoms with van der Waals surface area (Å²) < 4.78 is 1.80. The molecule has 0 unspecified atom stereocenters. The summed E-state index contributed by atoms with van der Waals surface area (Å²) >= 11 is 0. The van der Waals surface area contributed by atoms with Gasteiger partial charge in [-0.25, -0.2) is 0 Å². The van der Waals surface area contributed by atoms with Gasteiger partial charge in [0.05, 0.1) is 5.69 Å². The first-order valence-corrected chi connectivity index (χ1v) is 4.18. The molecule has 0 saturated carbocycles. The van der Waals surface area contributed by atoms with Crippen LogP contribution in [0.3, 0.4) is 0 Å². The van der Waals surface area contributed by atoms with Gasteiger partial charge in [-0.2, -0.15) is 5.10 Å². The van der Waals surface area contributed by atoms with Crippen LogP contribution in [0.2, 0.25) is 0 Å². The molecule has 0 radical (unpaired) electrons. The van der Waals surface area contributed by atoms with Gasteiger partial charge >= 0.3 is 0 Å². The minimum absolute atomic E-state index is 0.994. The third-order valence-electron chi connectivity index (χ3n) is 1.91. The summed E-state index contributed by atoms with van der Waals surface area (Å²) in [6, 6.07) is 5.99. The molecule has 2 aromatic heterocycles. The topological polar surface area (TPSA) is 30.7 Å². The van der Waals surface area contributed by atoms with Crippen molar-refractivity contribution in [3.05, 3.63) is 36.3 Å². The van der Waals surface area contributed by atoms with E-state index in [9.17, 15) is 0 Å². The summed E-state index contributed by atoms with van der Waals surface area (Å²) in [6.07, 6.45) is 3.74. The normalized spacial score (nSPS) is 10.3. The Labute approximate surface area is 77.0 Å². The molecule has 0 saturated heterocycles. The van der Waals surface area contributed by atoms with E-state index in [1.54, 1.807) is 10.9 Å². The maximum Gasteiger partial charge on any atom is 0.0924 e. The van der Waals surface area contributed by atoms with Crippen molar-refractivity contribution in [2.75, 3.05) is 0 Å². The Morgan fingerprint density at radius 3 is 2.77 bits per heavy atom. The van der Waals surface area contributed by atoms with Crippen LogP contribution in [0.4, 0.5) is 0 Å². The Morgan fingerprint density at radius 2 is 2.15 bits per heavy atom. The number of rotatable bonds is 1. The van der Waals surface area contributed by atoms with Crippen molar-refractivity contribution in [1.29, 1.82) is 0 Å². The Morgan fingerprint density at radius 1 is 1.31 bits per heavy atom. The van der Waals surface area contributed by atoms with Gasteiger partial charge in [-0.1, -0.05) is 0 Å². The summed E-state index contributed by atoms with van der Waals surface area (Å²) in [5, 5.41) is 4.31. The standard InChI is InChI=1S/C10H11N3/c1-8-7-9(3-5-11-8)10-4-6-13(2)12-10/h3-7H,1-2H3. The van der Waals surface area contributed by atoms with Crippen LogP contribution >= 0.6 is 0 Å². The molecule has 0 aliphatic rings. The second-order valence-corrected chi connectivity index (χ2v) is 3.06. The van der Waals surface area contributed by atoms with E-state index < -0.39 is 0 Å². The quantitative estimate of drug-likeness (QED) is 0.658.